The Bertz CT molecular complexity index is 796. The molecule has 0 unspecified atom stereocenters. The van der Waals surface area contributed by atoms with E-state index in [4.69, 9.17) is 4.74 Å². The van der Waals surface area contributed by atoms with E-state index in [1.165, 1.54) is 0 Å². The Balaban J connectivity index is 1.93. The van der Waals surface area contributed by atoms with E-state index in [0.717, 1.165) is 0 Å². The molecule has 1 aromatic rings. The summed E-state index contributed by atoms with van der Waals surface area (Å²) in [6, 6.07) is 4.82. The van der Waals surface area contributed by atoms with Gasteiger partial charge in [0.1, 0.15) is 5.75 Å². The summed E-state index contributed by atoms with van der Waals surface area (Å²) in [5.41, 5.74) is 1.20. The molecule has 8 heteroatoms. The Kier molecular flexibility index (Phi) is 7.15. The average molecular weight is 394 g/mol. The van der Waals surface area contributed by atoms with Crippen LogP contribution in [0.5, 0.6) is 5.75 Å². The molecule has 0 radical (unpaired) electrons. The minimum atomic E-state index is -3.30. The number of carbonyl (C=O) groups excluding carboxylic acids is 2. The van der Waals surface area contributed by atoms with Crippen molar-refractivity contribution in [1.29, 1.82) is 0 Å². The van der Waals surface area contributed by atoms with E-state index >= 15 is 0 Å². The molecule has 27 heavy (non-hydrogen) atoms. The van der Waals surface area contributed by atoms with Crippen LogP contribution in [0.1, 0.15) is 45.1 Å². The van der Waals surface area contributed by atoms with Gasteiger partial charge in [0, 0.05) is 23.2 Å². The number of sulfonamides is 1. The van der Waals surface area contributed by atoms with E-state index in [9.17, 15) is 18.0 Å². The third kappa shape index (κ3) is 5.64. The number of nitrogens with one attached hydrogen (secondary N) is 2. The molecule has 2 rings (SSSR count). The third-order valence-electron chi connectivity index (χ3n) is 4.72. The van der Waals surface area contributed by atoms with Gasteiger partial charge in [-0.3, -0.25) is 9.59 Å². The van der Waals surface area contributed by atoms with Crippen molar-refractivity contribution >= 4 is 34.2 Å². The predicted molar refractivity (Wildman–Crippen MR) is 105 cm³/mol. The zero-order valence-corrected chi connectivity index (χ0v) is 16.4. The van der Waals surface area contributed by atoms with Gasteiger partial charge in [0.25, 0.3) is 6.47 Å². The molecule has 1 aliphatic carbocycles. The first-order valence-electron chi connectivity index (χ1n) is 8.95. The largest absolute Gasteiger partial charge is 0.428 e. The van der Waals surface area contributed by atoms with Gasteiger partial charge in [0.15, 0.2) is 0 Å². The molecule has 0 spiro atoms. The first-order valence-corrected chi connectivity index (χ1v) is 10.5. The minimum absolute atomic E-state index is 0.0979. The van der Waals surface area contributed by atoms with Crippen LogP contribution in [0.3, 0.4) is 0 Å². The van der Waals surface area contributed by atoms with Crippen LogP contribution in [0.25, 0.3) is 6.08 Å². The molecular weight excluding hydrogens is 368 g/mol. The molecule has 0 saturated heterocycles. The number of hydrogen-bond donors (Lipinski definition) is 2. The topological polar surface area (TPSA) is 102 Å². The van der Waals surface area contributed by atoms with Gasteiger partial charge in [-0.25, -0.2) is 13.1 Å². The summed E-state index contributed by atoms with van der Waals surface area (Å²) >= 11 is 0. The van der Waals surface area contributed by atoms with Crippen molar-refractivity contribution in [2.45, 2.75) is 50.8 Å². The van der Waals surface area contributed by atoms with Crippen molar-refractivity contribution in [2.75, 3.05) is 5.32 Å². The van der Waals surface area contributed by atoms with Crippen molar-refractivity contribution in [3.8, 4) is 5.75 Å². The van der Waals surface area contributed by atoms with Gasteiger partial charge in [-0.15, -0.1) is 0 Å². The quantitative estimate of drug-likeness (QED) is 0.660. The molecule has 1 fully saturated rings. The van der Waals surface area contributed by atoms with Crippen molar-refractivity contribution < 1.29 is 22.7 Å². The van der Waals surface area contributed by atoms with Gasteiger partial charge < -0.3 is 10.1 Å². The summed E-state index contributed by atoms with van der Waals surface area (Å²) in [6.07, 6.45) is 4.05. The first kappa shape index (κ1) is 21.1. The smallest absolute Gasteiger partial charge is 0.298 e. The number of ether oxygens (including phenoxy) is 1. The first-order chi connectivity index (χ1) is 12.8. The fourth-order valence-corrected chi connectivity index (χ4v) is 4.00. The predicted octanol–water partition coefficient (Wildman–Crippen LogP) is 2.69. The van der Waals surface area contributed by atoms with Crippen LogP contribution in [0.15, 0.2) is 24.8 Å². The Morgan fingerprint density at radius 1 is 1.26 bits per heavy atom. The van der Waals surface area contributed by atoms with E-state index < -0.39 is 15.3 Å². The molecule has 1 saturated carbocycles. The van der Waals surface area contributed by atoms with E-state index in [-0.39, 0.29) is 17.9 Å². The maximum Gasteiger partial charge on any atom is 0.298 e. The summed E-state index contributed by atoms with van der Waals surface area (Å²) in [4.78, 5) is 23.0. The number of amides is 1. The molecular formula is C19H26N2O5S. The zero-order valence-electron chi connectivity index (χ0n) is 15.6. The van der Waals surface area contributed by atoms with Gasteiger partial charge in [0.2, 0.25) is 15.9 Å². The third-order valence-corrected chi connectivity index (χ3v) is 6.62. The number of hydrogen-bond acceptors (Lipinski definition) is 5. The second kappa shape index (κ2) is 9.14. The van der Waals surface area contributed by atoms with Gasteiger partial charge >= 0.3 is 0 Å². The summed E-state index contributed by atoms with van der Waals surface area (Å²) in [6.45, 7) is 7.30. The lowest BCUT2D eigenvalue weighted by atomic mass is 9.86. The summed E-state index contributed by atoms with van der Waals surface area (Å²) in [5, 5.41) is 2.40. The normalized spacial score (nSPS) is 20.1. The van der Waals surface area contributed by atoms with Gasteiger partial charge in [-0.05, 0) is 57.7 Å². The molecule has 0 aromatic heterocycles. The monoisotopic (exact) mass is 394 g/mol. The van der Waals surface area contributed by atoms with Gasteiger partial charge in [0.05, 0.1) is 5.25 Å². The Morgan fingerprint density at radius 3 is 2.48 bits per heavy atom. The van der Waals surface area contributed by atoms with Crippen LogP contribution in [0.4, 0.5) is 5.69 Å². The molecule has 1 aromatic carbocycles. The van der Waals surface area contributed by atoms with E-state index in [1.54, 1.807) is 38.1 Å². The molecule has 148 valence electrons. The number of benzene rings is 1. The van der Waals surface area contributed by atoms with Gasteiger partial charge in [-0.1, -0.05) is 12.7 Å². The second-order valence-corrected chi connectivity index (χ2v) is 9.19. The minimum Gasteiger partial charge on any atom is -0.428 e. The Labute approximate surface area is 160 Å². The fourth-order valence-electron chi connectivity index (χ4n) is 3.03. The maximum atomic E-state index is 12.5. The molecule has 7 nitrogen and oxygen atoms in total. The molecule has 0 atom stereocenters. The number of rotatable bonds is 8. The zero-order chi connectivity index (χ0) is 20.0. The Hall–Kier alpha value is -2.19. The highest BCUT2D eigenvalue weighted by Gasteiger charge is 2.29. The van der Waals surface area contributed by atoms with Crippen LogP contribution >= 0.6 is 0 Å². The molecule has 0 heterocycles. The lowest BCUT2D eigenvalue weighted by Crippen LogP contribution is -2.42. The van der Waals surface area contributed by atoms with Crippen LogP contribution in [-0.2, 0) is 19.6 Å². The highest BCUT2D eigenvalue weighted by molar-refractivity contribution is 7.90. The maximum absolute atomic E-state index is 12.5. The van der Waals surface area contributed by atoms with E-state index in [0.29, 0.717) is 49.2 Å². The van der Waals surface area contributed by atoms with Crippen LogP contribution in [-0.4, -0.2) is 32.1 Å². The van der Waals surface area contributed by atoms with Crippen molar-refractivity contribution in [1.82, 2.24) is 4.72 Å². The van der Waals surface area contributed by atoms with Crippen molar-refractivity contribution in [3.63, 3.8) is 0 Å². The van der Waals surface area contributed by atoms with Crippen LogP contribution < -0.4 is 14.8 Å². The highest BCUT2D eigenvalue weighted by Crippen LogP contribution is 2.28. The standard InChI is InChI=1S/C19H26N2O5S/c1-4-14-11-17(9-10-18(14)26-12-22)20-19(23)15-5-7-16(8-6-15)21-27(24,25)13(2)3/h4,9-13,15-16,21H,1,5-8H2,2-3H3,(H,20,23). The average Bonchev–Trinajstić information content (AvgIpc) is 2.63. The summed E-state index contributed by atoms with van der Waals surface area (Å²) in [7, 11) is -3.30. The Morgan fingerprint density at radius 2 is 1.93 bits per heavy atom. The lowest BCUT2D eigenvalue weighted by molar-refractivity contribution is -0.121. The van der Waals surface area contributed by atoms with Gasteiger partial charge in [-0.2, -0.15) is 0 Å². The number of carbonyl (C=O) groups is 2. The summed E-state index contributed by atoms with van der Waals surface area (Å²) < 4.78 is 31.5. The lowest BCUT2D eigenvalue weighted by Gasteiger charge is -2.28. The number of anilines is 1. The molecule has 1 aliphatic rings. The highest BCUT2D eigenvalue weighted by atomic mass is 32.2. The fraction of sp³-hybridized carbons (Fsp3) is 0.474. The SMILES string of the molecule is C=Cc1cc(NC(=O)C2CCC(NS(=O)(=O)C(C)C)CC2)ccc1OC=O. The van der Waals surface area contributed by atoms with E-state index in [2.05, 4.69) is 16.6 Å². The molecule has 0 aliphatic heterocycles. The second-order valence-electron chi connectivity index (χ2n) is 6.92. The molecule has 0 bridgehead atoms. The summed E-state index contributed by atoms with van der Waals surface area (Å²) in [5.74, 6) is 0.109. The molecule has 2 N–H and O–H groups in total. The van der Waals surface area contributed by atoms with Crippen molar-refractivity contribution in [3.05, 3.63) is 30.3 Å². The van der Waals surface area contributed by atoms with Crippen LogP contribution in [0.2, 0.25) is 0 Å². The van der Waals surface area contributed by atoms with E-state index in [1.807, 2.05) is 0 Å². The van der Waals surface area contributed by atoms with Crippen LogP contribution in [0, 0.1) is 5.92 Å². The van der Waals surface area contributed by atoms with Crippen molar-refractivity contribution in [2.24, 2.45) is 5.92 Å². The molecule has 1 amide bonds.